The molecule has 1 aliphatic heterocycles. The van der Waals surface area contributed by atoms with Crippen molar-refractivity contribution >= 4 is 0 Å². The van der Waals surface area contributed by atoms with Crippen LogP contribution in [0.25, 0.3) is 0 Å². The summed E-state index contributed by atoms with van der Waals surface area (Å²) < 4.78 is 0. The van der Waals surface area contributed by atoms with Crippen LogP contribution in [0.2, 0.25) is 0 Å². The van der Waals surface area contributed by atoms with Crippen molar-refractivity contribution < 1.29 is 0 Å². The third-order valence-electron chi connectivity index (χ3n) is 4.72. The molecule has 0 aromatic rings. The number of hydrogen-bond donors (Lipinski definition) is 1. The quantitative estimate of drug-likeness (QED) is 0.831. The lowest BCUT2D eigenvalue weighted by Crippen LogP contribution is -2.53. The van der Waals surface area contributed by atoms with Crippen LogP contribution in [0.4, 0.5) is 0 Å². The molecule has 1 saturated heterocycles. The van der Waals surface area contributed by atoms with E-state index in [1.54, 1.807) is 0 Å². The molecule has 0 spiro atoms. The summed E-state index contributed by atoms with van der Waals surface area (Å²) in [6.45, 7) is 4.91. The molecule has 1 aliphatic carbocycles. The summed E-state index contributed by atoms with van der Waals surface area (Å²) >= 11 is 0. The van der Waals surface area contributed by atoms with Crippen LogP contribution in [0.5, 0.6) is 0 Å². The zero-order valence-corrected chi connectivity index (χ0v) is 12.3. The summed E-state index contributed by atoms with van der Waals surface area (Å²) in [5.41, 5.74) is 6.69. The summed E-state index contributed by atoms with van der Waals surface area (Å²) in [7, 11) is 4.37. The Morgan fingerprint density at radius 3 is 2.28 bits per heavy atom. The molecule has 2 N–H and O–H groups in total. The smallest absolute Gasteiger partial charge is 0.0283 e. The minimum Gasteiger partial charge on any atom is -0.324 e. The summed E-state index contributed by atoms with van der Waals surface area (Å²) in [6.07, 6.45) is 9.27. The van der Waals surface area contributed by atoms with Gasteiger partial charge in [0.25, 0.3) is 0 Å². The fourth-order valence-electron chi connectivity index (χ4n) is 3.70. The van der Waals surface area contributed by atoms with Gasteiger partial charge in [-0.15, -0.1) is 0 Å². The number of rotatable bonds is 4. The van der Waals surface area contributed by atoms with E-state index in [1.165, 1.54) is 64.6 Å². The van der Waals surface area contributed by atoms with Gasteiger partial charge in [-0.25, -0.2) is 0 Å². The number of hydrogen-bond acceptors (Lipinski definition) is 3. The molecule has 106 valence electrons. The lowest BCUT2D eigenvalue weighted by Gasteiger charge is -2.41. The van der Waals surface area contributed by atoms with Crippen molar-refractivity contribution in [2.24, 2.45) is 11.7 Å². The minimum atomic E-state index is 0.132. The van der Waals surface area contributed by atoms with Gasteiger partial charge in [0.05, 0.1) is 0 Å². The van der Waals surface area contributed by atoms with Crippen LogP contribution in [0.3, 0.4) is 0 Å². The molecule has 2 aliphatic rings. The van der Waals surface area contributed by atoms with Crippen molar-refractivity contribution in [3.63, 3.8) is 0 Å². The molecule has 0 amide bonds. The topological polar surface area (TPSA) is 32.5 Å². The van der Waals surface area contributed by atoms with Crippen LogP contribution in [0, 0.1) is 5.92 Å². The zero-order chi connectivity index (χ0) is 13.0. The van der Waals surface area contributed by atoms with Crippen molar-refractivity contribution in [2.75, 3.05) is 40.3 Å². The second-order valence-corrected chi connectivity index (χ2v) is 6.90. The fourth-order valence-corrected chi connectivity index (χ4v) is 3.70. The minimum absolute atomic E-state index is 0.132. The van der Waals surface area contributed by atoms with E-state index in [-0.39, 0.29) is 5.54 Å². The van der Waals surface area contributed by atoms with Crippen LogP contribution >= 0.6 is 0 Å². The highest BCUT2D eigenvalue weighted by atomic mass is 15.2. The number of nitrogens with zero attached hydrogens (tertiary/aromatic N) is 2. The maximum atomic E-state index is 6.56. The molecule has 0 unspecified atom stereocenters. The largest absolute Gasteiger partial charge is 0.324 e. The average molecular weight is 253 g/mol. The van der Waals surface area contributed by atoms with Gasteiger partial charge in [0, 0.05) is 18.6 Å². The van der Waals surface area contributed by atoms with Gasteiger partial charge in [-0.05, 0) is 58.8 Å². The molecule has 0 aromatic heterocycles. The lowest BCUT2D eigenvalue weighted by molar-refractivity contribution is 0.119. The van der Waals surface area contributed by atoms with Crippen LogP contribution in [-0.4, -0.2) is 55.6 Å². The Morgan fingerprint density at radius 1 is 1.11 bits per heavy atom. The Hall–Kier alpha value is -0.120. The van der Waals surface area contributed by atoms with Gasteiger partial charge in [-0.3, -0.25) is 0 Å². The van der Waals surface area contributed by atoms with Crippen LogP contribution in [0.15, 0.2) is 0 Å². The maximum Gasteiger partial charge on any atom is 0.0283 e. The maximum absolute atomic E-state index is 6.56. The number of piperidine rings is 1. The van der Waals surface area contributed by atoms with Crippen LogP contribution < -0.4 is 5.73 Å². The summed E-state index contributed by atoms with van der Waals surface area (Å²) in [5, 5.41) is 0. The molecular formula is C15H31N3. The Morgan fingerprint density at radius 2 is 1.72 bits per heavy atom. The fraction of sp³-hybridized carbons (Fsp3) is 1.00. The molecular weight excluding hydrogens is 222 g/mol. The Balaban J connectivity index is 1.72. The first-order chi connectivity index (χ1) is 8.57. The summed E-state index contributed by atoms with van der Waals surface area (Å²) in [6, 6.07) is 0. The van der Waals surface area contributed by atoms with Gasteiger partial charge in [0.2, 0.25) is 0 Å². The predicted octanol–water partition coefficient (Wildman–Crippen LogP) is 1.92. The van der Waals surface area contributed by atoms with E-state index >= 15 is 0 Å². The van der Waals surface area contributed by atoms with Gasteiger partial charge in [-0.2, -0.15) is 0 Å². The molecule has 1 heterocycles. The molecule has 3 nitrogen and oxygen atoms in total. The number of nitrogens with two attached hydrogens (primary N) is 1. The molecule has 1 saturated carbocycles. The first kappa shape index (κ1) is 14.3. The highest BCUT2D eigenvalue weighted by molar-refractivity contribution is 4.91. The van der Waals surface area contributed by atoms with E-state index < -0.39 is 0 Å². The molecule has 0 bridgehead atoms. The first-order valence-corrected chi connectivity index (χ1v) is 7.73. The molecule has 3 heteroatoms. The molecule has 18 heavy (non-hydrogen) atoms. The SMILES string of the molecule is CN(C)CC1CCN(CC2(N)CCCCC2)CC1. The van der Waals surface area contributed by atoms with E-state index in [2.05, 4.69) is 23.9 Å². The summed E-state index contributed by atoms with van der Waals surface area (Å²) in [5.74, 6) is 0.899. The lowest BCUT2D eigenvalue weighted by atomic mass is 9.81. The van der Waals surface area contributed by atoms with Crippen molar-refractivity contribution in [3.8, 4) is 0 Å². The Kier molecular flexibility index (Phi) is 5.05. The van der Waals surface area contributed by atoms with Crippen molar-refractivity contribution in [3.05, 3.63) is 0 Å². The molecule has 2 rings (SSSR count). The summed E-state index contributed by atoms with van der Waals surface area (Å²) in [4.78, 5) is 4.95. The van der Waals surface area contributed by atoms with Gasteiger partial charge in [-0.1, -0.05) is 19.3 Å². The third kappa shape index (κ3) is 4.22. The normalized spacial score (nSPS) is 26.7. The molecule has 0 aromatic carbocycles. The second-order valence-electron chi connectivity index (χ2n) is 6.90. The molecule has 2 fully saturated rings. The Labute approximate surface area is 113 Å². The van der Waals surface area contributed by atoms with E-state index in [4.69, 9.17) is 5.73 Å². The van der Waals surface area contributed by atoms with Crippen molar-refractivity contribution in [1.29, 1.82) is 0 Å². The average Bonchev–Trinajstić information content (AvgIpc) is 2.31. The van der Waals surface area contributed by atoms with Gasteiger partial charge in [0.1, 0.15) is 0 Å². The highest BCUT2D eigenvalue weighted by Gasteiger charge is 2.31. The van der Waals surface area contributed by atoms with E-state index in [0.717, 1.165) is 12.5 Å². The van der Waals surface area contributed by atoms with E-state index in [9.17, 15) is 0 Å². The first-order valence-electron chi connectivity index (χ1n) is 7.73. The predicted molar refractivity (Wildman–Crippen MR) is 77.7 cm³/mol. The number of likely N-dealkylation sites (tertiary alicyclic amines) is 1. The van der Waals surface area contributed by atoms with Crippen LogP contribution in [-0.2, 0) is 0 Å². The second kappa shape index (κ2) is 6.36. The van der Waals surface area contributed by atoms with E-state index in [1.807, 2.05) is 0 Å². The Bertz CT molecular complexity index is 238. The van der Waals surface area contributed by atoms with Gasteiger partial charge < -0.3 is 15.5 Å². The van der Waals surface area contributed by atoms with Crippen molar-refractivity contribution in [1.82, 2.24) is 9.80 Å². The van der Waals surface area contributed by atoms with Gasteiger partial charge >= 0.3 is 0 Å². The monoisotopic (exact) mass is 253 g/mol. The van der Waals surface area contributed by atoms with Crippen molar-refractivity contribution in [2.45, 2.75) is 50.5 Å². The van der Waals surface area contributed by atoms with Gasteiger partial charge in [0.15, 0.2) is 0 Å². The third-order valence-corrected chi connectivity index (χ3v) is 4.72. The van der Waals surface area contributed by atoms with Crippen LogP contribution in [0.1, 0.15) is 44.9 Å². The zero-order valence-electron chi connectivity index (χ0n) is 12.3. The standard InChI is InChI=1S/C15H31N3/c1-17(2)12-14-6-10-18(11-7-14)13-15(16)8-4-3-5-9-15/h14H,3-13,16H2,1-2H3. The highest BCUT2D eigenvalue weighted by Crippen LogP contribution is 2.28. The molecule has 0 atom stereocenters. The van der Waals surface area contributed by atoms with E-state index in [0.29, 0.717) is 0 Å². The molecule has 0 radical (unpaired) electrons.